The third-order valence-corrected chi connectivity index (χ3v) is 8.79. The van der Waals surface area contributed by atoms with Gasteiger partial charge in [0.2, 0.25) is 5.91 Å². The van der Waals surface area contributed by atoms with E-state index in [2.05, 4.69) is 21.2 Å². The van der Waals surface area contributed by atoms with Crippen LogP contribution in [0.1, 0.15) is 31.2 Å². The number of nitrogens with zero attached hydrogens (tertiary/aromatic N) is 1. The Morgan fingerprint density at radius 2 is 1.90 bits per heavy atom. The van der Waals surface area contributed by atoms with E-state index in [-0.39, 0.29) is 23.4 Å². The van der Waals surface area contributed by atoms with Crippen LogP contribution in [0.15, 0.2) is 51.8 Å². The Bertz CT molecular complexity index is 1070. The Morgan fingerprint density at radius 1 is 1.16 bits per heavy atom. The second-order valence-electron chi connectivity index (χ2n) is 8.49. The van der Waals surface area contributed by atoms with Crippen molar-refractivity contribution >= 4 is 37.5 Å². The van der Waals surface area contributed by atoms with Crippen LogP contribution < -0.4 is 14.4 Å². The minimum Gasteiger partial charge on any atom is -0.496 e. The first-order valence-corrected chi connectivity index (χ1v) is 12.7. The number of amides is 1. The smallest absolute Gasteiger partial charge is 0.264 e. The first-order chi connectivity index (χ1) is 14.8. The Balaban J connectivity index is 1.61. The molecule has 0 aliphatic heterocycles. The Morgan fingerprint density at radius 3 is 2.48 bits per heavy atom. The van der Waals surface area contributed by atoms with Gasteiger partial charge in [-0.1, -0.05) is 24.1 Å². The summed E-state index contributed by atoms with van der Waals surface area (Å²) in [5.41, 5.74) is 1.47. The van der Waals surface area contributed by atoms with Gasteiger partial charge in [0.05, 0.1) is 22.2 Å². The summed E-state index contributed by atoms with van der Waals surface area (Å²) >= 11 is 3.36. The Kier molecular flexibility index (Phi) is 6.30. The fourth-order valence-electron chi connectivity index (χ4n) is 4.77. The molecule has 0 spiro atoms. The monoisotopic (exact) mass is 506 g/mol. The molecule has 31 heavy (non-hydrogen) atoms. The summed E-state index contributed by atoms with van der Waals surface area (Å²) in [5.74, 6) is 1.49. The lowest BCUT2D eigenvalue weighted by Crippen LogP contribution is -2.46. The predicted octanol–water partition coefficient (Wildman–Crippen LogP) is 4.27. The highest BCUT2D eigenvalue weighted by Gasteiger charge is 2.40. The number of carbonyl (C=O) groups excluding carboxylic acids is 1. The molecular formula is C23H27BrN2O4S. The van der Waals surface area contributed by atoms with Gasteiger partial charge in [-0.05, 0) is 84.3 Å². The van der Waals surface area contributed by atoms with Crippen molar-refractivity contribution in [3.8, 4) is 5.75 Å². The fraction of sp³-hybridized carbons (Fsp3) is 0.435. The first-order valence-electron chi connectivity index (χ1n) is 10.5. The normalized spacial score (nSPS) is 22.4. The number of methoxy groups -OCH3 is 1. The molecule has 2 aromatic rings. The largest absolute Gasteiger partial charge is 0.496 e. The molecule has 0 heterocycles. The van der Waals surface area contributed by atoms with Gasteiger partial charge < -0.3 is 10.1 Å². The van der Waals surface area contributed by atoms with Crippen LogP contribution in [-0.4, -0.2) is 34.0 Å². The average Bonchev–Trinajstić information content (AvgIpc) is 3.36. The highest BCUT2D eigenvalue weighted by molar-refractivity contribution is 9.10. The van der Waals surface area contributed by atoms with Crippen LogP contribution in [-0.2, 0) is 14.8 Å². The number of benzene rings is 2. The van der Waals surface area contributed by atoms with Crippen LogP contribution in [0, 0.1) is 18.8 Å². The maximum Gasteiger partial charge on any atom is 0.264 e. The molecule has 166 valence electrons. The standard InChI is InChI=1S/C23H27BrN2O4S/c1-15-3-7-18(8-4-15)26(14-23(27)25-21-12-16-5-6-17(21)11-16)31(28,29)19-9-10-22(30-2)20(24)13-19/h3-4,7-10,13,16-17,21H,5-6,11-12,14H2,1-2H3,(H,25,27)/t16-,17+,21-/m1/s1. The van der Waals surface area contributed by atoms with Crippen LogP contribution in [0.2, 0.25) is 0 Å². The fourth-order valence-corrected chi connectivity index (χ4v) is 6.91. The molecule has 1 amide bonds. The SMILES string of the molecule is COc1ccc(S(=O)(=O)N(CC(=O)N[C@@H]2C[C@@H]3CC[C@H]2C3)c2ccc(C)cc2)cc1Br. The third-order valence-electron chi connectivity index (χ3n) is 6.40. The van der Waals surface area contributed by atoms with Crippen molar-refractivity contribution in [2.24, 2.45) is 11.8 Å². The van der Waals surface area contributed by atoms with E-state index in [9.17, 15) is 13.2 Å². The number of anilines is 1. The summed E-state index contributed by atoms with van der Waals surface area (Å²) < 4.78 is 34.0. The van der Waals surface area contributed by atoms with Crippen LogP contribution in [0.4, 0.5) is 5.69 Å². The maximum atomic E-state index is 13.6. The molecule has 0 radical (unpaired) electrons. The molecule has 0 aromatic heterocycles. The zero-order valence-corrected chi connectivity index (χ0v) is 20.1. The van der Waals surface area contributed by atoms with Gasteiger partial charge in [0.25, 0.3) is 10.0 Å². The average molecular weight is 507 g/mol. The summed E-state index contributed by atoms with van der Waals surface area (Å²) in [4.78, 5) is 13.0. The van der Waals surface area contributed by atoms with Gasteiger partial charge in [-0.2, -0.15) is 0 Å². The van der Waals surface area contributed by atoms with Gasteiger partial charge in [0, 0.05) is 6.04 Å². The summed E-state index contributed by atoms with van der Waals surface area (Å²) in [5, 5.41) is 3.10. The molecule has 2 saturated carbocycles. The van der Waals surface area contributed by atoms with Gasteiger partial charge in [-0.25, -0.2) is 8.42 Å². The van der Waals surface area contributed by atoms with Gasteiger partial charge in [0.1, 0.15) is 12.3 Å². The number of ether oxygens (including phenoxy) is 1. The molecule has 4 rings (SSSR count). The van der Waals surface area contributed by atoms with E-state index in [1.54, 1.807) is 18.2 Å². The molecule has 1 N–H and O–H groups in total. The van der Waals surface area contributed by atoms with Crippen molar-refractivity contribution in [2.75, 3.05) is 18.0 Å². The number of fused-ring (bicyclic) bond motifs is 2. The van der Waals surface area contributed by atoms with E-state index in [4.69, 9.17) is 4.74 Å². The number of carbonyl (C=O) groups is 1. The van der Waals surface area contributed by atoms with Crippen molar-refractivity contribution in [1.29, 1.82) is 0 Å². The van der Waals surface area contributed by atoms with E-state index in [0.717, 1.165) is 18.4 Å². The predicted molar refractivity (Wildman–Crippen MR) is 124 cm³/mol. The van der Waals surface area contributed by atoms with Crippen molar-refractivity contribution in [3.63, 3.8) is 0 Å². The number of nitrogens with one attached hydrogen (secondary N) is 1. The first kappa shape index (κ1) is 22.1. The second-order valence-corrected chi connectivity index (χ2v) is 11.2. The van der Waals surface area contributed by atoms with Crippen molar-refractivity contribution in [3.05, 3.63) is 52.5 Å². The van der Waals surface area contributed by atoms with Gasteiger partial charge >= 0.3 is 0 Å². The lowest BCUT2D eigenvalue weighted by molar-refractivity contribution is -0.120. The number of sulfonamides is 1. The van der Waals surface area contributed by atoms with Crippen molar-refractivity contribution in [1.82, 2.24) is 5.32 Å². The number of rotatable bonds is 7. The third kappa shape index (κ3) is 4.60. The number of hydrogen-bond donors (Lipinski definition) is 1. The number of halogens is 1. The van der Waals surface area contributed by atoms with Gasteiger partial charge in [-0.3, -0.25) is 9.10 Å². The zero-order chi connectivity index (χ0) is 22.2. The van der Waals surface area contributed by atoms with Crippen molar-refractivity contribution in [2.45, 2.75) is 43.5 Å². The molecular weight excluding hydrogens is 480 g/mol. The van der Waals surface area contributed by atoms with E-state index in [1.165, 1.54) is 36.4 Å². The highest BCUT2D eigenvalue weighted by Crippen LogP contribution is 2.44. The molecule has 2 aliphatic rings. The minimum atomic E-state index is -3.97. The topological polar surface area (TPSA) is 75.7 Å². The Labute approximate surface area is 192 Å². The Hall–Kier alpha value is -2.06. The minimum absolute atomic E-state index is 0.0912. The molecule has 0 unspecified atom stereocenters. The zero-order valence-electron chi connectivity index (χ0n) is 17.7. The summed E-state index contributed by atoms with van der Waals surface area (Å²) in [6.45, 7) is 1.67. The molecule has 2 fully saturated rings. The highest BCUT2D eigenvalue weighted by atomic mass is 79.9. The molecule has 2 aromatic carbocycles. The quantitative estimate of drug-likeness (QED) is 0.608. The lowest BCUT2D eigenvalue weighted by atomic mass is 9.95. The van der Waals surface area contributed by atoms with Gasteiger partial charge in [0.15, 0.2) is 0 Å². The maximum absolute atomic E-state index is 13.6. The van der Waals surface area contributed by atoms with E-state index in [0.29, 0.717) is 27.7 Å². The van der Waals surface area contributed by atoms with E-state index < -0.39 is 10.0 Å². The molecule has 2 aliphatic carbocycles. The number of aryl methyl sites for hydroxylation is 1. The van der Waals surface area contributed by atoms with Crippen LogP contribution in [0.3, 0.4) is 0 Å². The summed E-state index contributed by atoms with van der Waals surface area (Å²) in [6, 6.07) is 11.9. The summed E-state index contributed by atoms with van der Waals surface area (Å²) in [6.07, 6.45) is 4.56. The van der Waals surface area contributed by atoms with E-state index in [1.807, 2.05) is 19.1 Å². The van der Waals surface area contributed by atoms with Crippen LogP contribution >= 0.6 is 15.9 Å². The van der Waals surface area contributed by atoms with Crippen LogP contribution in [0.25, 0.3) is 0 Å². The van der Waals surface area contributed by atoms with E-state index >= 15 is 0 Å². The molecule has 6 nitrogen and oxygen atoms in total. The molecule has 0 saturated heterocycles. The van der Waals surface area contributed by atoms with Crippen LogP contribution in [0.5, 0.6) is 5.75 Å². The lowest BCUT2D eigenvalue weighted by Gasteiger charge is -2.27. The molecule has 2 bridgehead atoms. The number of hydrogen-bond acceptors (Lipinski definition) is 4. The van der Waals surface area contributed by atoms with Crippen molar-refractivity contribution < 1.29 is 17.9 Å². The molecule has 8 heteroatoms. The summed E-state index contributed by atoms with van der Waals surface area (Å²) in [7, 11) is -2.45. The molecule has 3 atom stereocenters. The second kappa shape index (κ2) is 8.82. The van der Waals surface area contributed by atoms with Gasteiger partial charge in [-0.15, -0.1) is 0 Å².